The summed E-state index contributed by atoms with van der Waals surface area (Å²) in [5.74, 6) is 1.44. The van der Waals surface area contributed by atoms with Gasteiger partial charge in [0, 0.05) is 17.6 Å². The van der Waals surface area contributed by atoms with Crippen molar-refractivity contribution < 1.29 is 9.47 Å². The molecule has 5 heteroatoms. The van der Waals surface area contributed by atoms with E-state index in [1.54, 1.807) is 6.07 Å². The van der Waals surface area contributed by atoms with Crippen LogP contribution in [0, 0.1) is 11.3 Å². The fraction of sp³-hybridized carbons (Fsp3) is 0.235. The number of rotatable bonds is 5. The lowest BCUT2D eigenvalue weighted by molar-refractivity contribution is 0.134. The van der Waals surface area contributed by atoms with E-state index in [1.807, 2.05) is 36.4 Å². The first kappa shape index (κ1) is 14.9. The number of hydrogen-bond donors (Lipinski definition) is 1. The maximum absolute atomic E-state index is 8.93. The van der Waals surface area contributed by atoms with Crippen molar-refractivity contribution in [1.29, 1.82) is 5.26 Å². The number of nitriles is 1. The minimum atomic E-state index is 0.193. The molecular weight excluding hydrogens is 344 g/mol. The van der Waals surface area contributed by atoms with Crippen LogP contribution in [0.3, 0.4) is 0 Å². The molecule has 1 saturated heterocycles. The number of halogens is 1. The van der Waals surface area contributed by atoms with Gasteiger partial charge in [0.25, 0.3) is 0 Å². The molecule has 1 heterocycles. The Morgan fingerprint density at radius 1 is 1.18 bits per heavy atom. The number of benzene rings is 2. The lowest BCUT2D eigenvalue weighted by Crippen LogP contribution is -2.50. The van der Waals surface area contributed by atoms with E-state index in [-0.39, 0.29) is 6.10 Å². The third-order valence-corrected chi connectivity index (χ3v) is 3.89. The van der Waals surface area contributed by atoms with Crippen LogP contribution in [0.2, 0.25) is 0 Å². The van der Waals surface area contributed by atoms with Gasteiger partial charge in [0.15, 0.2) is 11.5 Å². The van der Waals surface area contributed by atoms with Crippen LogP contribution in [-0.2, 0) is 6.61 Å². The summed E-state index contributed by atoms with van der Waals surface area (Å²) in [6.45, 7) is 2.11. The zero-order valence-corrected chi connectivity index (χ0v) is 13.5. The van der Waals surface area contributed by atoms with Gasteiger partial charge in [-0.1, -0.05) is 28.1 Å². The predicted molar refractivity (Wildman–Crippen MR) is 86.9 cm³/mol. The van der Waals surface area contributed by atoms with E-state index < -0.39 is 0 Å². The second-order valence-corrected chi connectivity index (χ2v) is 6.01. The van der Waals surface area contributed by atoms with Crippen molar-refractivity contribution in [2.75, 3.05) is 13.1 Å². The Morgan fingerprint density at radius 3 is 2.77 bits per heavy atom. The summed E-state index contributed by atoms with van der Waals surface area (Å²) in [4.78, 5) is 0. The molecule has 0 radical (unpaired) electrons. The third-order valence-electron chi connectivity index (χ3n) is 3.39. The summed E-state index contributed by atoms with van der Waals surface area (Å²) in [7, 11) is 0. The Hall–Kier alpha value is -2.03. The Kier molecular flexibility index (Phi) is 4.62. The van der Waals surface area contributed by atoms with Gasteiger partial charge in [0.1, 0.15) is 12.7 Å². The molecular formula is C17H15BrN2O2. The standard InChI is InChI=1S/C17H15BrN2O2/c18-14-4-5-16(17(7-14)22-15-9-20-10-15)21-11-13-3-1-2-12(6-13)8-19/h1-7,15,20H,9-11H2. The van der Waals surface area contributed by atoms with Gasteiger partial charge in [-0.3, -0.25) is 0 Å². The van der Waals surface area contributed by atoms with Gasteiger partial charge in [-0.25, -0.2) is 0 Å². The summed E-state index contributed by atoms with van der Waals surface area (Å²) in [5.41, 5.74) is 1.59. The van der Waals surface area contributed by atoms with Crippen molar-refractivity contribution in [2.45, 2.75) is 12.7 Å². The van der Waals surface area contributed by atoms with E-state index in [2.05, 4.69) is 27.3 Å². The monoisotopic (exact) mass is 358 g/mol. The van der Waals surface area contributed by atoms with Gasteiger partial charge in [0.05, 0.1) is 11.6 Å². The van der Waals surface area contributed by atoms with Crippen LogP contribution in [-0.4, -0.2) is 19.2 Å². The first-order valence-corrected chi connectivity index (χ1v) is 7.82. The van der Waals surface area contributed by atoms with E-state index in [0.717, 1.165) is 28.9 Å². The molecule has 0 aromatic heterocycles. The number of nitrogens with one attached hydrogen (secondary N) is 1. The average molecular weight is 359 g/mol. The number of ether oxygens (including phenoxy) is 2. The van der Waals surface area contributed by atoms with Crippen molar-refractivity contribution in [3.63, 3.8) is 0 Å². The van der Waals surface area contributed by atoms with Crippen LogP contribution in [0.25, 0.3) is 0 Å². The van der Waals surface area contributed by atoms with Crippen molar-refractivity contribution in [1.82, 2.24) is 5.32 Å². The molecule has 112 valence electrons. The number of hydrogen-bond acceptors (Lipinski definition) is 4. The lowest BCUT2D eigenvalue weighted by atomic mass is 10.1. The molecule has 4 nitrogen and oxygen atoms in total. The number of nitrogens with zero attached hydrogens (tertiary/aromatic N) is 1. The maximum atomic E-state index is 8.93. The Balaban J connectivity index is 1.72. The second kappa shape index (κ2) is 6.82. The van der Waals surface area contributed by atoms with Crippen LogP contribution >= 0.6 is 15.9 Å². The van der Waals surface area contributed by atoms with Crippen molar-refractivity contribution in [2.24, 2.45) is 0 Å². The molecule has 0 saturated carbocycles. The molecule has 0 amide bonds. The van der Waals surface area contributed by atoms with Crippen LogP contribution in [0.1, 0.15) is 11.1 Å². The Morgan fingerprint density at radius 2 is 2.05 bits per heavy atom. The smallest absolute Gasteiger partial charge is 0.162 e. The SMILES string of the molecule is N#Cc1cccc(COc2ccc(Br)cc2OC2CNC2)c1. The molecule has 0 atom stereocenters. The lowest BCUT2D eigenvalue weighted by Gasteiger charge is -2.28. The Bertz CT molecular complexity index is 708. The maximum Gasteiger partial charge on any atom is 0.162 e. The van der Waals surface area contributed by atoms with Gasteiger partial charge in [-0.05, 0) is 35.9 Å². The highest BCUT2D eigenvalue weighted by molar-refractivity contribution is 9.10. The topological polar surface area (TPSA) is 54.3 Å². The highest BCUT2D eigenvalue weighted by atomic mass is 79.9. The van der Waals surface area contributed by atoms with Crippen LogP contribution in [0.5, 0.6) is 11.5 Å². The zero-order valence-electron chi connectivity index (χ0n) is 11.9. The highest BCUT2D eigenvalue weighted by Gasteiger charge is 2.20. The predicted octanol–water partition coefficient (Wildman–Crippen LogP) is 3.25. The fourth-order valence-electron chi connectivity index (χ4n) is 2.11. The fourth-order valence-corrected chi connectivity index (χ4v) is 2.45. The first-order chi connectivity index (χ1) is 10.7. The van der Waals surface area contributed by atoms with Crippen molar-refractivity contribution >= 4 is 15.9 Å². The third kappa shape index (κ3) is 3.59. The van der Waals surface area contributed by atoms with Gasteiger partial charge >= 0.3 is 0 Å². The summed E-state index contributed by atoms with van der Waals surface area (Å²) in [6, 6.07) is 15.3. The normalized spacial score (nSPS) is 14.0. The molecule has 0 unspecified atom stereocenters. The summed E-state index contributed by atoms with van der Waals surface area (Å²) >= 11 is 3.45. The van der Waals surface area contributed by atoms with Gasteiger partial charge in [0.2, 0.25) is 0 Å². The minimum Gasteiger partial charge on any atom is -0.485 e. The molecule has 0 spiro atoms. The Labute approximate surface area is 137 Å². The van der Waals surface area contributed by atoms with Crippen LogP contribution in [0.15, 0.2) is 46.9 Å². The molecule has 22 heavy (non-hydrogen) atoms. The zero-order chi connectivity index (χ0) is 15.4. The molecule has 2 aromatic rings. The molecule has 0 aliphatic carbocycles. The molecule has 0 bridgehead atoms. The van der Waals surface area contributed by atoms with Crippen molar-refractivity contribution in [3.8, 4) is 17.6 Å². The van der Waals surface area contributed by atoms with E-state index in [4.69, 9.17) is 14.7 Å². The van der Waals surface area contributed by atoms with E-state index in [0.29, 0.717) is 17.9 Å². The molecule has 1 fully saturated rings. The largest absolute Gasteiger partial charge is 0.485 e. The van der Waals surface area contributed by atoms with Gasteiger partial charge < -0.3 is 14.8 Å². The molecule has 3 rings (SSSR count). The molecule has 1 aliphatic heterocycles. The molecule has 2 aromatic carbocycles. The quantitative estimate of drug-likeness (QED) is 0.891. The van der Waals surface area contributed by atoms with E-state index >= 15 is 0 Å². The highest BCUT2D eigenvalue weighted by Crippen LogP contribution is 2.32. The summed E-state index contributed by atoms with van der Waals surface area (Å²) in [5, 5.41) is 12.1. The van der Waals surface area contributed by atoms with Crippen molar-refractivity contribution in [3.05, 3.63) is 58.1 Å². The van der Waals surface area contributed by atoms with Gasteiger partial charge in [-0.2, -0.15) is 5.26 Å². The van der Waals surface area contributed by atoms with Gasteiger partial charge in [-0.15, -0.1) is 0 Å². The first-order valence-electron chi connectivity index (χ1n) is 7.03. The molecule has 1 N–H and O–H groups in total. The van der Waals surface area contributed by atoms with Crippen LogP contribution in [0.4, 0.5) is 0 Å². The van der Waals surface area contributed by atoms with Crippen LogP contribution < -0.4 is 14.8 Å². The van der Waals surface area contributed by atoms with E-state index in [1.165, 1.54) is 0 Å². The summed E-state index contributed by atoms with van der Waals surface area (Å²) < 4.78 is 12.7. The summed E-state index contributed by atoms with van der Waals surface area (Å²) in [6.07, 6.45) is 0.193. The second-order valence-electron chi connectivity index (χ2n) is 5.09. The minimum absolute atomic E-state index is 0.193. The average Bonchev–Trinajstić information content (AvgIpc) is 2.50. The van der Waals surface area contributed by atoms with E-state index in [9.17, 15) is 0 Å². The molecule has 1 aliphatic rings.